The predicted molar refractivity (Wildman–Crippen MR) is 99.0 cm³/mol. The van der Waals surface area contributed by atoms with E-state index in [1.165, 1.54) is 0 Å². The molecule has 0 bridgehead atoms. The second-order valence-corrected chi connectivity index (χ2v) is 6.83. The van der Waals surface area contributed by atoms with Gasteiger partial charge < -0.3 is 10.1 Å². The molecule has 122 valence electrons. The maximum absolute atomic E-state index is 12.2. The number of benzene rings is 1. The molecule has 0 fully saturated rings. The lowest BCUT2D eigenvalue weighted by Crippen LogP contribution is -2.16. The summed E-state index contributed by atoms with van der Waals surface area (Å²) in [6.07, 6.45) is 0.499. The standard InChI is InChI=1S/C17H18Br2N2O2/c1-10(2)23-17(22)15-14(20-3)13(18)12(16(19)21-15)9-11-7-5-4-6-8-11/h4-8,10,20H,9H2,1-3H3. The molecule has 0 amide bonds. The number of rotatable bonds is 5. The summed E-state index contributed by atoms with van der Waals surface area (Å²) < 4.78 is 6.70. The molecule has 1 heterocycles. The average Bonchev–Trinajstić information content (AvgIpc) is 2.51. The van der Waals surface area contributed by atoms with Crippen molar-refractivity contribution < 1.29 is 9.53 Å². The van der Waals surface area contributed by atoms with E-state index in [1.807, 2.05) is 32.0 Å². The van der Waals surface area contributed by atoms with E-state index in [2.05, 4.69) is 54.3 Å². The average molecular weight is 442 g/mol. The minimum absolute atomic E-state index is 0.199. The fraction of sp³-hybridized carbons (Fsp3) is 0.294. The monoisotopic (exact) mass is 440 g/mol. The summed E-state index contributed by atoms with van der Waals surface area (Å²) in [6, 6.07) is 10.1. The Morgan fingerprint density at radius 1 is 1.26 bits per heavy atom. The van der Waals surface area contributed by atoms with Crippen molar-refractivity contribution >= 4 is 43.5 Å². The molecule has 23 heavy (non-hydrogen) atoms. The Morgan fingerprint density at radius 2 is 1.91 bits per heavy atom. The number of hydrogen-bond acceptors (Lipinski definition) is 4. The minimum Gasteiger partial charge on any atom is -0.458 e. The molecule has 0 spiro atoms. The molecule has 0 atom stereocenters. The Kier molecular flexibility index (Phi) is 6.18. The minimum atomic E-state index is -0.447. The van der Waals surface area contributed by atoms with Crippen LogP contribution in [-0.2, 0) is 11.2 Å². The van der Waals surface area contributed by atoms with Crippen molar-refractivity contribution in [3.05, 3.63) is 56.2 Å². The Hall–Kier alpha value is -1.40. The van der Waals surface area contributed by atoms with Crippen LogP contribution in [0.5, 0.6) is 0 Å². The van der Waals surface area contributed by atoms with E-state index in [1.54, 1.807) is 7.05 Å². The lowest BCUT2D eigenvalue weighted by Gasteiger charge is -2.16. The van der Waals surface area contributed by atoms with E-state index in [0.29, 0.717) is 16.7 Å². The van der Waals surface area contributed by atoms with Crippen LogP contribution in [0.25, 0.3) is 0 Å². The number of halogens is 2. The first-order valence-electron chi connectivity index (χ1n) is 7.24. The van der Waals surface area contributed by atoms with E-state index >= 15 is 0 Å². The van der Waals surface area contributed by atoms with Crippen LogP contribution in [0.3, 0.4) is 0 Å². The summed E-state index contributed by atoms with van der Waals surface area (Å²) in [6.45, 7) is 3.62. The molecule has 1 aromatic heterocycles. The number of hydrogen-bond donors (Lipinski definition) is 1. The van der Waals surface area contributed by atoms with Crippen LogP contribution in [0, 0.1) is 0 Å². The van der Waals surface area contributed by atoms with Crippen molar-refractivity contribution in [3.8, 4) is 0 Å². The first kappa shape index (κ1) is 17.9. The number of carbonyl (C=O) groups excluding carboxylic acids is 1. The summed E-state index contributed by atoms with van der Waals surface area (Å²) in [5, 5.41) is 3.04. The zero-order chi connectivity index (χ0) is 17.0. The summed E-state index contributed by atoms with van der Waals surface area (Å²) in [5.74, 6) is -0.447. The van der Waals surface area contributed by atoms with Crippen LogP contribution >= 0.6 is 31.9 Å². The topological polar surface area (TPSA) is 51.2 Å². The van der Waals surface area contributed by atoms with Gasteiger partial charge in [0, 0.05) is 23.5 Å². The number of carbonyl (C=O) groups is 1. The third-order valence-corrected chi connectivity index (χ3v) is 4.72. The molecule has 0 saturated carbocycles. The van der Waals surface area contributed by atoms with Gasteiger partial charge in [-0.2, -0.15) is 0 Å². The Bertz CT molecular complexity index is 703. The van der Waals surface area contributed by atoms with E-state index in [4.69, 9.17) is 4.74 Å². The van der Waals surface area contributed by atoms with Crippen LogP contribution < -0.4 is 5.32 Å². The molecule has 1 N–H and O–H groups in total. The van der Waals surface area contributed by atoms with E-state index in [0.717, 1.165) is 15.6 Å². The normalized spacial score (nSPS) is 10.7. The first-order valence-corrected chi connectivity index (χ1v) is 8.83. The Balaban J connectivity index is 2.45. The molecule has 2 aromatic rings. The zero-order valence-corrected chi connectivity index (χ0v) is 16.4. The van der Waals surface area contributed by atoms with Gasteiger partial charge in [0.15, 0.2) is 5.69 Å². The van der Waals surface area contributed by atoms with Gasteiger partial charge in [0.2, 0.25) is 0 Å². The van der Waals surface area contributed by atoms with E-state index in [9.17, 15) is 4.79 Å². The molecular weight excluding hydrogens is 424 g/mol. The van der Waals surface area contributed by atoms with Crippen LogP contribution in [0.2, 0.25) is 0 Å². The summed E-state index contributed by atoms with van der Waals surface area (Å²) in [7, 11) is 1.76. The highest BCUT2D eigenvalue weighted by atomic mass is 79.9. The maximum atomic E-state index is 12.2. The van der Waals surface area contributed by atoms with Gasteiger partial charge in [-0.1, -0.05) is 30.3 Å². The zero-order valence-electron chi connectivity index (χ0n) is 13.2. The Labute approximate surface area is 152 Å². The van der Waals surface area contributed by atoms with Crippen molar-refractivity contribution in [1.82, 2.24) is 4.98 Å². The quantitative estimate of drug-likeness (QED) is 0.534. The van der Waals surface area contributed by atoms with Gasteiger partial charge in [0.1, 0.15) is 4.60 Å². The second-order valence-electron chi connectivity index (χ2n) is 5.29. The predicted octanol–water partition coefficient (Wildman–Crippen LogP) is 4.80. The van der Waals surface area contributed by atoms with Crippen LogP contribution in [0.4, 0.5) is 5.69 Å². The molecule has 0 unspecified atom stereocenters. The number of aromatic nitrogens is 1. The molecular formula is C17H18Br2N2O2. The van der Waals surface area contributed by atoms with Crippen molar-refractivity contribution in [2.45, 2.75) is 26.4 Å². The maximum Gasteiger partial charge on any atom is 0.359 e. The molecule has 0 aliphatic rings. The molecule has 1 aromatic carbocycles. The Morgan fingerprint density at radius 3 is 2.48 bits per heavy atom. The highest BCUT2D eigenvalue weighted by Crippen LogP contribution is 2.35. The number of pyridine rings is 1. The molecule has 6 heteroatoms. The third-order valence-electron chi connectivity index (χ3n) is 3.19. The van der Waals surface area contributed by atoms with Gasteiger partial charge in [-0.3, -0.25) is 0 Å². The van der Waals surface area contributed by atoms with Crippen LogP contribution in [-0.4, -0.2) is 24.1 Å². The molecule has 0 radical (unpaired) electrons. The van der Waals surface area contributed by atoms with Crippen LogP contribution in [0.1, 0.15) is 35.5 Å². The van der Waals surface area contributed by atoms with Gasteiger partial charge in [0.25, 0.3) is 0 Å². The molecule has 0 aliphatic carbocycles. The fourth-order valence-electron chi connectivity index (χ4n) is 2.16. The highest BCUT2D eigenvalue weighted by Gasteiger charge is 2.22. The van der Waals surface area contributed by atoms with Gasteiger partial charge in [-0.15, -0.1) is 0 Å². The summed E-state index contributed by atoms with van der Waals surface area (Å²) >= 11 is 7.07. The van der Waals surface area contributed by atoms with Crippen LogP contribution in [0.15, 0.2) is 39.4 Å². The summed E-state index contributed by atoms with van der Waals surface area (Å²) in [4.78, 5) is 16.6. The number of nitrogens with one attached hydrogen (secondary N) is 1. The van der Waals surface area contributed by atoms with Crippen molar-refractivity contribution in [2.75, 3.05) is 12.4 Å². The molecule has 0 aliphatic heterocycles. The third kappa shape index (κ3) is 4.32. The highest BCUT2D eigenvalue weighted by molar-refractivity contribution is 9.11. The molecule has 2 rings (SSSR count). The van der Waals surface area contributed by atoms with Crippen molar-refractivity contribution in [1.29, 1.82) is 0 Å². The largest absolute Gasteiger partial charge is 0.458 e. The summed E-state index contributed by atoms with van der Waals surface area (Å²) in [5.41, 5.74) is 3.03. The number of anilines is 1. The van der Waals surface area contributed by atoms with Gasteiger partial charge in [0.05, 0.1) is 11.8 Å². The van der Waals surface area contributed by atoms with Gasteiger partial charge in [-0.25, -0.2) is 9.78 Å². The first-order chi connectivity index (χ1) is 10.9. The fourth-order valence-corrected chi connectivity index (χ4v) is 3.66. The second kappa shape index (κ2) is 7.93. The lowest BCUT2D eigenvalue weighted by molar-refractivity contribution is 0.0372. The molecule has 0 saturated heterocycles. The number of esters is 1. The van der Waals surface area contributed by atoms with Crippen molar-refractivity contribution in [2.24, 2.45) is 0 Å². The SMILES string of the molecule is CNc1c(C(=O)OC(C)C)nc(Br)c(Cc2ccccc2)c1Br. The molecule has 4 nitrogen and oxygen atoms in total. The lowest BCUT2D eigenvalue weighted by atomic mass is 10.1. The number of nitrogens with zero attached hydrogens (tertiary/aromatic N) is 1. The van der Waals surface area contributed by atoms with E-state index < -0.39 is 5.97 Å². The number of ether oxygens (including phenoxy) is 1. The van der Waals surface area contributed by atoms with Crippen molar-refractivity contribution in [3.63, 3.8) is 0 Å². The van der Waals surface area contributed by atoms with E-state index in [-0.39, 0.29) is 11.8 Å². The van der Waals surface area contributed by atoms with Gasteiger partial charge >= 0.3 is 5.97 Å². The smallest absolute Gasteiger partial charge is 0.359 e. The van der Waals surface area contributed by atoms with Gasteiger partial charge in [-0.05, 0) is 51.3 Å².